The molecule has 5 nitrogen and oxygen atoms in total. The first-order valence-electron chi connectivity index (χ1n) is 9.31. The average molecular weight is 399 g/mol. The fraction of sp³-hybridized carbons (Fsp3) is 0.381. The summed E-state index contributed by atoms with van der Waals surface area (Å²) in [6.45, 7) is 8.12. The molecule has 1 aliphatic rings. The van der Waals surface area contributed by atoms with Crippen molar-refractivity contribution in [2.75, 3.05) is 0 Å². The van der Waals surface area contributed by atoms with Gasteiger partial charge < -0.3 is 5.32 Å². The number of fused-ring (bicyclic) bond motifs is 1. The molecule has 1 atom stereocenters. The summed E-state index contributed by atoms with van der Waals surface area (Å²) in [5, 5.41) is 8.58. The molecule has 1 aliphatic carbocycles. The van der Waals surface area contributed by atoms with Crippen LogP contribution >= 0.6 is 11.3 Å². The topological polar surface area (TPSA) is 59.8 Å². The molecular weight excluding hydrogens is 375 g/mol. The molecule has 0 spiro atoms. The van der Waals surface area contributed by atoms with E-state index in [0.29, 0.717) is 10.6 Å². The third-order valence-electron chi connectivity index (χ3n) is 5.15. The molecule has 0 bridgehead atoms. The van der Waals surface area contributed by atoms with Crippen molar-refractivity contribution in [2.24, 2.45) is 5.41 Å². The Hall–Kier alpha value is -2.54. The van der Waals surface area contributed by atoms with Crippen molar-refractivity contribution in [1.29, 1.82) is 0 Å². The molecule has 4 rings (SSSR count). The fourth-order valence-corrected chi connectivity index (χ4v) is 4.79. The van der Waals surface area contributed by atoms with Gasteiger partial charge in [0.05, 0.1) is 34.3 Å². The van der Waals surface area contributed by atoms with Crippen LogP contribution in [0.2, 0.25) is 0 Å². The molecule has 1 unspecified atom stereocenters. The van der Waals surface area contributed by atoms with Crippen LogP contribution in [0, 0.1) is 25.1 Å². The minimum atomic E-state index is -0.294. The molecule has 2 heterocycles. The number of nitrogens with zero attached hydrogens (tertiary/aromatic N) is 3. The van der Waals surface area contributed by atoms with Gasteiger partial charge in [0, 0.05) is 5.56 Å². The van der Waals surface area contributed by atoms with Gasteiger partial charge in [0.2, 0.25) is 0 Å². The second kappa shape index (κ2) is 6.81. The first-order valence-corrected chi connectivity index (χ1v) is 10.1. The zero-order chi connectivity index (χ0) is 20.1. The SMILES string of the molecule is Cc1nc(C)c(C(=O)NC2CC(C)(C)Cc3c2cnn3-c2cccc(F)c2)s1. The lowest BCUT2D eigenvalue weighted by Gasteiger charge is -2.35. The van der Waals surface area contributed by atoms with Crippen LogP contribution < -0.4 is 5.32 Å². The predicted octanol–water partition coefficient (Wildman–Crippen LogP) is 4.53. The molecule has 0 saturated carbocycles. The highest BCUT2D eigenvalue weighted by atomic mass is 32.1. The number of carbonyl (C=O) groups is 1. The summed E-state index contributed by atoms with van der Waals surface area (Å²) in [5.74, 6) is -0.395. The highest BCUT2D eigenvalue weighted by Crippen LogP contribution is 2.41. The normalized spacial score (nSPS) is 18.0. The molecule has 0 saturated heterocycles. The van der Waals surface area contributed by atoms with Crippen molar-refractivity contribution in [3.63, 3.8) is 0 Å². The van der Waals surface area contributed by atoms with E-state index < -0.39 is 0 Å². The molecule has 2 aromatic heterocycles. The van der Waals surface area contributed by atoms with Crippen LogP contribution in [0.15, 0.2) is 30.5 Å². The van der Waals surface area contributed by atoms with Crippen LogP contribution in [0.25, 0.3) is 5.69 Å². The Morgan fingerprint density at radius 3 is 2.82 bits per heavy atom. The fourth-order valence-electron chi connectivity index (χ4n) is 3.97. The Morgan fingerprint density at radius 1 is 1.36 bits per heavy atom. The van der Waals surface area contributed by atoms with E-state index in [4.69, 9.17) is 0 Å². The van der Waals surface area contributed by atoms with E-state index in [9.17, 15) is 9.18 Å². The van der Waals surface area contributed by atoms with Gasteiger partial charge in [-0.05, 0) is 50.3 Å². The molecule has 1 amide bonds. The van der Waals surface area contributed by atoms with E-state index in [1.54, 1.807) is 16.9 Å². The van der Waals surface area contributed by atoms with Crippen molar-refractivity contribution >= 4 is 17.2 Å². The standard InChI is InChI=1S/C21H23FN4OS/c1-12-19(28-13(2)24-12)20(27)25-17-9-21(3,4)10-18-16(17)11-23-26(18)15-7-5-6-14(22)8-15/h5-8,11,17H,9-10H2,1-4H3,(H,25,27). The molecule has 7 heteroatoms. The quantitative estimate of drug-likeness (QED) is 0.705. The third kappa shape index (κ3) is 3.46. The molecule has 146 valence electrons. The number of halogens is 1. The van der Waals surface area contributed by atoms with E-state index >= 15 is 0 Å². The molecule has 0 fully saturated rings. The maximum absolute atomic E-state index is 13.7. The minimum Gasteiger partial charge on any atom is -0.344 e. The van der Waals surface area contributed by atoms with Crippen molar-refractivity contribution in [1.82, 2.24) is 20.1 Å². The van der Waals surface area contributed by atoms with E-state index in [-0.39, 0.29) is 23.2 Å². The summed E-state index contributed by atoms with van der Waals surface area (Å²) in [6, 6.07) is 6.28. The second-order valence-electron chi connectivity index (χ2n) is 8.16. The predicted molar refractivity (Wildman–Crippen MR) is 107 cm³/mol. The molecule has 0 radical (unpaired) electrons. The first-order chi connectivity index (χ1) is 13.2. The lowest BCUT2D eigenvalue weighted by atomic mass is 9.74. The van der Waals surface area contributed by atoms with Gasteiger partial charge in [-0.1, -0.05) is 19.9 Å². The number of carbonyl (C=O) groups excluding carboxylic acids is 1. The van der Waals surface area contributed by atoms with Gasteiger partial charge >= 0.3 is 0 Å². The Balaban J connectivity index is 1.70. The summed E-state index contributed by atoms with van der Waals surface area (Å²) >= 11 is 1.41. The van der Waals surface area contributed by atoms with Crippen LogP contribution in [0.4, 0.5) is 4.39 Å². The van der Waals surface area contributed by atoms with Crippen LogP contribution in [0.1, 0.15) is 57.9 Å². The number of hydrogen-bond donors (Lipinski definition) is 1. The highest BCUT2D eigenvalue weighted by Gasteiger charge is 2.36. The van der Waals surface area contributed by atoms with Crippen LogP contribution in [-0.2, 0) is 6.42 Å². The van der Waals surface area contributed by atoms with Crippen molar-refractivity contribution in [3.8, 4) is 5.69 Å². The number of rotatable bonds is 3. The molecule has 1 N–H and O–H groups in total. The number of thiazole rings is 1. The van der Waals surface area contributed by atoms with E-state index in [2.05, 4.69) is 29.2 Å². The number of aryl methyl sites for hydroxylation is 2. The number of amides is 1. The van der Waals surface area contributed by atoms with Crippen LogP contribution in [0.3, 0.4) is 0 Å². The Kier molecular flexibility index (Phi) is 4.57. The van der Waals surface area contributed by atoms with Crippen molar-refractivity contribution in [3.05, 3.63) is 63.1 Å². The van der Waals surface area contributed by atoms with Gasteiger partial charge in [-0.25, -0.2) is 14.1 Å². The largest absolute Gasteiger partial charge is 0.344 e. The van der Waals surface area contributed by atoms with Gasteiger partial charge in [-0.15, -0.1) is 11.3 Å². The van der Waals surface area contributed by atoms with Gasteiger partial charge in [-0.2, -0.15) is 5.10 Å². The summed E-state index contributed by atoms with van der Waals surface area (Å²) in [6.07, 6.45) is 3.42. The Morgan fingerprint density at radius 2 is 2.14 bits per heavy atom. The summed E-state index contributed by atoms with van der Waals surface area (Å²) in [5.41, 5.74) is 3.44. The summed E-state index contributed by atoms with van der Waals surface area (Å²) < 4.78 is 15.5. The molecule has 3 aromatic rings. The average Bonchev–Trinajstić information content (AvgIpc) is 3.16. The van der Waals surface area contributed by atoms with Gasteiger partial charge in [0.1, 0.15) is 10.7 Å². The van der Waals surface area contributed by atoms with E-state index in [1.165, 1.54) is 23.5 Å². The second-order valence-corrected chi connectivity index (χ2v) is 9.36. The molecule has 1 aromatic carbocycles. The van der Waals surface area contributed by atoms with Crippen LogP contribution in [-0.4, -0.2) is 20.7 Å². The Labute approximate surface area is 167 Å². The van der Waals surface area contributed by atoms with E-state index in [1.807, 2.05) is 19.9 Å². The smallest absolute Gasteiger partial charge is 0.263 e. The summed E-state index contributed by atoms with van der Waals surface area (Å²) in [7, 11) is 0. The molecular formula is C21H23FN4OS. The van der Waals surface area contributed by atoms with Crippen molar-refractivity contribution < 1.29 is 9.18 Å². The number of aromatic nitrogens is 3. The molecule has 0 aliphatic heterocycles. The minimum absolute atomic E-state index is 0.0191. The van der Waals surface area contributed by atoms with Crippen molar-refractivity contribution in [2.45, 2.75) is 46.6 Å². The van der Waals surface area contributed by atoms with Gasteiger partial charge in [0.25, 0.3) is 5.91 Å². The maximum Gasteiger partial charge on any atom is 0.263 e. The maximum atomic E-state index is 13.7. The zero-order valence-corrected chi connectivity index (χ0v) is 17.2. The Bertz CT molecular complexity index is 1050. The van der Waals surface area contributed by atoms with Crippen LogP contribution in [0.5, 0.6) is 0 Å². The molecule has 28 heavy (non-hydrogen) atoms. The number of hydrogen-bond acceptors (Lipinski definition) is 4. The monoisotopic (exact) mass is 398 g/mol. The lowest BCUT2D eigenvalue weighted by molar-refractivity contribution is 0.0922. The first kappa shape index (κ1) is 18.8. The van der Waals surface area contributed by atoms with Gasteiger partial charge in [-0.3, -0.25) is 4.79 Å². The number of nitrogens with one attached hydrogen (secondary N) is 1. The zero-order valence-electron chi connectivity index (χ0n) is 16.4. The summed E-state index contributed by atoms with van der Waals surface area (Å²) in [4.78, 5) is 17.9. The highest BCUT2D eigenvalue weighted by molar-refractivity contribution is 7.13. The van der Waals surface area contributed by atoms with E-state index in [0.717, 1.165) is 34.8 Å². The number of benzene rings is 1. The lowest BCUT2D eigenvalue weighted by Crippen LogP contribution is -2.36. The van der Waals surface area contributed by atoms with Gasteiger partial charge in [0.15, 0.2) is 0 Å². The third-order valence-corrected chi connectivity index (χ3v) is 6.22.